The van der Waals surface area contributed by atoms with Gasteiger partial charge in [-0.25, -0.2) is 14.4 Å². The van der Waals surface area contributed by atoms with Crippen molar-refractivity contribution in [3.8, 4) is 0 Å². The first kappa shape index (κ1) is 17.0. The molecule has 0 spiro atoms. The van der Waals surface area contributed by atoms with E-state index in [4.69, 9.17) is 5.11 Å². The number of amides is 3. The number of aromatic carboxylic acids is 1. The van der Waals surface area contributed by atoms with Crippen LogP contribution in [0.4, 0.5) is 23.7 Å². The molecule has 1 atom stereocenters. The van der Waals surface area contributed by atoms with Crippen LogP contribution in [0.3, 0.4) is 0 Å². The monoisotopic (exact) mass is 372 g/mol. The number of rotatable bonds is 2. The molecule has 0 aliphatic carbocycles. The number of carbonyl (C=O) groups is 3. The minimum Gasteiger partial charge on any atom is -0.476 e. The molecule has 3 amide bonds. The van der Waals surface area contributed by atoms with E-state index in [-0.39, 0.29) is 5.39 Å². The largest absolute Gasteiger partial charge is 0.582 e. The zero-order chi connectivity index (χ0) is 18.6. The summed E-state index contributed by atoms with van der Waals surface area (Å²) in [5, 5.41) is 9.03. The Hall–Kier alpha value is -2.79. The smallest absolute Gasteiger partial charge is 0.476 e. The Kier molecular flexibility index (Phi) is 3.65. The molecule has 0 saturated carbocycles. The standard InChI is InChI=1S/C14H8F3N3O4S/c1-19-5-4-10(21)20(13(19)24,14(15,16)17)7-2-3-9-8(6-7)11(12(22)23)18-25-9/h2-6H,1H3/p+1. The number of quaternary nitrogens is 1. The summed E-state index contributed by atoms with van der Waals surface area (Å²) in [6.07, 6.45) is -3.67. The van der Waals surface area contributed by atoms with Gasteiger partial charge in [-0.1, -0.05) is 0 Å². The first-order valence-corrected chi connectivity index (χ1v) is 7.47. The molecule has 1 aliphatic rings. The Morgan fingerprint density at radius 3 is 2.60 bits per heavy atom. The number of aromatic nitrogens is 1. The number of urea groups is 1. The van der Waals surface area contributed by atoms with Gasteiger partial charge in [-0.3, -0.25) is 4.90 Å². The van der Waals surface area contributed by atoms with Gasteiger partial charge in [0.05, 0.1) is 10.8 Å². The van der Waals surface area contributed by atoms with Crippen LogP contribution in [0, 0.1) is 0 Å². The molecule has 1 N–H and O–H groups in total. The average molecular weight is 372 g/mol. The van der Waals surface area contributed by atoms with E-state index in [9.17, 15) is 27.6 Å². The third-order valence-corrected chi connectivity index (χ3v) is 4.61. The SMILES string of the molecule is CN1C=CC(=O)[N+](c2ccc3snc(C(=O)O)c3c2)(C(F)(F)F)C1=O. The van der Waals surface area contributed by atoms with E-state index in [1.165, 1.54) is 6.07 Å². The van der Waals surface area contributed by atoms with Gasteiger partial charge in [0, 0.05) is 30.8 Å². The fourth-order valence-corrected chi connectivity index (χ4v) is 3.34. The number of hydrogen-bond donors (Lipinski definition) is 1. The van der Waals surface area contributed by atoms with Crippen molar-refractivity contribution in [3.05, 3.63) is 36.2 Å². The summed E-state index contributed by atoms with van der Waals surface area (Å²) in [6.45, 7) is 0. The van der Waals surface area contributed by atoms with E-state index in [1.807, 2.05) is 0 Å². The Balaban J connectivity index is 2.36. The van der Waals surface area contributed by atoms with Gasteiger partial charge in [-0.2, -0.15) is 4.37 Å². The van der Waals surface area contributed by atoms with Gasteiger partial charge < -0.3 is 5.11 Å². The number of carboxylic acid groups (broad SMARTS) is 1. The third kappa shape index (κ3) is 2.23. The molecule has 0 saturated heterocycles. The number of hydrogen-bond acceptors (Lipinski definition) is 5. The zero-order valence-corrected chi connectivity index (χ0v) is 13.3. The van der Waals surface area contributed by atoms with E-state index in [2.05, 4.69) is 4.37 Å². The maximum atomic E-state index is 13.9. The Labute approximate surface area is 141 Å². The summed E-state index contributed by atoms with van der Waals surface area (Å²) in [5.41, 5.74) is -1.14. The Morgan fingerprint density at radius 1 is 1.32 bits per heavy atom. The Bertz CT molecular complexity index is 952. The number of benzene rings is 1. The predicted molar refractivity (Wildman–Crippen MR) is 81.7 cm³/mol. The number of alkyl halides is 3. The fraction of sp³-hybridized carbons (Fsp3) is 0.143. The minimum absolute atomic E-state index is 0.0745. The minimum atomic E-state index is -5.27. The lowest BCUT2D eigenvalue weighted by Gasteiger charge is -2.36. The van der Waals surface area contributed by atoms with Gasteiger partial charge in [-0.15, -0.1) is 13.2 Å². The van der Waals surface area contributed by atoms with Gasteiger partial charge in [0.1, 0.15) is 0 Å². The number of fused-ring (bicyclic) bond motifs is 1. The molecular formula is C14H9F3N3O4S+. The number of carboxylic acids is 1. The molecule has 25 heavy (non-hydrogen) atoms. The van der Waals surface area contributed by atoms with Crippen molar-refractivity contribution in [1.82, 2.24) is 13.8 Å². The maximum Gasteiger partial charge on any atom is 0.582 e. The molecule has 3 rings (SSSR count). The normalized spacial score (nSPS) is 21.2. The number of carbonyl (C=O) groups excluding carboxylic acids is 2. The van der Waals surface area contributed by atoms with E-state index in [0.717, 1.165) is 36.9 Å². The van der Waals surface area contributed by atoms with Gasteiger partial charge in [0.25, 0.3) is 0 Å². The van der Waals surface area contributed by atoms with Crippen molar-refractivity contribution in [3.63, 3.8) is 0 Å². The van der Waals surface area contributed by atoms with Crippen molar-refractivity contribution >= 4 is 45.2 Å². The molecule has 0 radical (unpaired) electrons. The topological polar surface area (TPSA) is 87.6 Å². The highest BCUT2D eigenvalue weighted by molar-refractivity contribution is 7.13. The summed E-state index contributed by atoms with van der Waals surface area (Å²) >= 11 is 0.793. The molecule has 130 valence electrons. The summed E-state index contributed by atoms with van der Waals surface area (Å²) in [6, 6.07) is 1.54. The first-order valence-electron chi connectivity index (χ1n) is 6.70. The van der Waals surface area contributed by atoms with Crippen LogP contribution in [0.15, 0.2) is 30.5 Å². The van der Waals surface area contributed by atoms with Gasteiger partial charge in [0.15, 0.2) is 11.4 Å². The molecule has 7 nitrogen and oxygen atoms in total. The van der Waals surface area contributed by atoms with Gasteiger partial charge in [-0.05, 0) is 22.1 Å². The maximum absolute atomic E-state index is 13.9. The second kappa shape index (κ2) is 5.36. The van der Waals surface area contributed by atoms with Crippen molar-refractivity contribution < 1.29 is 32.7 Å². The van der Waals surface area contributed by atoms with Crippen LogP contribution in [-0.2, 0) is 4.79 Å². The highest BCUT2D eigenvalue weighted by atomic mass is 32.1. The lowest BCUT2D eigenvalue weighted by molar-refractivity contribution is -0.217. The molecular weight excluding hydrogens is 363 g/mol. The van der Waals surface area contributed by atoms with E-state index >= 15 is 0 Å². The summed E-state index contributed by atoms with van der Waals surface area (Å²) in [4.78, 5) is 36.4. The first-order chi connectivity index (χ1) is 11.6. The molecule has 0 fully saturated rings. The molecule has 11 heteroatoms. The van der Waals surface area contributed by atoms with Crippen LogP contribution in [0.25, 0.3) is 10.1 Å². The van der Waals surface area contributed by atoms with Crippen LogP contribution in [-0.4, -0.2) is 45.6 Å². The lowest BCUT2D eigenvalue weighted by atomic mass is 10.1. The van der Waals surface area contributed by atoms with E-state index in [0.29, 0.717) is 15.7 Å². The molecule has 1 unspecified atom stereocenters. The number of nitrogens with zero attached hydrogens (tertiary/aromatic N) is 3. The highest BCUT2D eigenvalue weighted by Gasteiger charge is 2.69. The fourth-order valence-electron chi connectivity index (χ4n) is 2.59. The van der Waals surface area contributed by atoms with Crippen LogP contribution in [0.5, 0.6) is 0 Å². The second-order valence-electron chi connectivity index (χ2n) is 5.20. The van der Waals surface area contributed by atoms with Crippen LogP contribution >= 0.6 is 11.5 Å². The predicted octanol–water partition coefficient (Wildman–Crippen LogP) is 2.93. The quantitative estimate of drug-likeness (QED) is 0.647. The van der Waals surface area contributed by atoms with Crippen molar-refractivity contribution in [2.45, 2.75) is 6.30 Å². The van der Waals surface area contributed by atoms with Gasteiger partial charge >= 0.3 is 24.2 Å². The molecule has 0 bridgehead atoms. The van der Waals surface area contributed by atoms with Crippen LogP contribution in [0.1, 0.15) is 10.5 Å². The zero-order valence-electron chi connectivity index (χ0n) is 12.4. The molecule has 1 aliphatic heterocycles. The van der Waals surface area contributed by atoms with Crippen LogP contribution in [0.2, 0.25) is 0 Å². The van der Waals surface area contributed by atoms with E-state index in [1.54, 1.807) is 0 Å². The molecule has 1 aromatic carbocycles. The summed E-state index contributed by atoms with van der Waals surface area (Å²) < 4.78 is 43.1. The van der Waals surface area contributed by atoms with Crippen molar-refractivity contribution in [1.29, 1.82) is 0 Å². The van der Waals surface area contributed by atoms with Gasteiger partial charge in [0.2, 0.25) is 0 Å². The lowest BCUT2D eigenvalue weighted by Crippen LogP contribution is -2.70. The van der Waals surface area contributed by atoms with Crippen molar-refractivity contribution in [2.75, 3.05) is 7.05 Å². The number of halogens is 3. The Morgan fingerprint density at radius 2 is 2.00 bits per heavy atom. The average Bonchev–Trinajstić information content (AvgIpc) is 2.94. The van der Waals surface area contributed by atoms with Crippen LogP contribution < -0.4 is 4.48 Å². The van der Waals surface area contributed by atoms with E-state index < -0.39 is 40.1 Å². The summed E-state index contributed by atoms with van der Waals surface area (Å²) in [5.74, 6) is -2.91. The second-order valence-corrected chi connectivity index (χ2v) is 6.01. The number of imide groups is 1. The van der Waals surface area contributed by atoms with Crippen molar-refractivity contribution in [2.24, 2.45) is 0 Å². The highest BCUT2D eigenvalue weighted by Crippen LogP contribution is 2.42. The molecule has 1 aromatic heterocycles. The third-order valence-electron chi connectivity index (χ3n) is 3.78. The molecule has 2 heterocycles. The summed E-state index contributed by atoms with van der Waals surface area (Å²) in [7, 11) is 1.09. The molecule has 2 aromatic rings.